The Hall–Kier alpha value is -5.47. The van der Waals surface area contributed by atoms with Crippen molar-refractivity contribution >= 4 is 50.4 Å². The molecule has 2 aliphatic heterocycles. The molecule has 0 atom stereocenters. The minimum absolute atomic E-state index is 0. The van der Waals surface area contributed by atoms with Gasteiger partial charge in [0.15, 0.2) is 0 Å². The first kappa shape index (κ1) is 36.5. The van der Waals surface area contributed by atoms with Crippen molar-refractivity contribution in [3.8, 4) is 45.6 Å². The molecular weight excluding hydrogens is 734 g/mol. The first-order valence-corrected chi connectivity index (χ1v) is 18.3. The van der Waals surface area contributed by atoms with Crippen LogP contribution in [0, 0.1) is 0 Å². The van der Waals surface area contributed by atoms with Crippen LogP contribution in [0.5, 0.6) is 0 Å². The van der Waals surface area contributed by atoms with E-state index in [1.165, 1.54) is 0 Å². The van der Waals surface area contributed by atoms with Gasteiger partial charge in [0.25, 0.3) is 0 Å². The summed E-state index contributed by atoms with van der Waals surface area (Å²) in [5.74, 6) is 2.00. The Balaban J connectivity index is 0.00000427. The van der Waals surface area contributed by atoms with Crippen LogP contribution in [-0.4, -0.2) is 36.2 Å². The van der Waals surface area contributed by atoms with E-state index in [0.29, 0.717) is 56.8 Å². The number of aromatic nitrogens is 8. The smallest absolute Gasteiger partial charge is 0.357 e. The van der Waals surface area contributed by atoms with Crippen molar-refractivity contribution in [3.05, 3.63) is 95.1 Å². The second-order valence-corrected chi connectivity index (χ2v) is 17.4. The van der Waals surface area contributed by atoms with E-state index in [-0.39, 0.29) is 35.7 Å². The normalized spacial score (nSPS) is 12.7. The molecule has 8 bridgehead atoms. The Morgan fingerprint density at radius 2 is 0.782 bits per heavy atom. The monoisotopic (exact) mass is 772 g/mol. The van der Waals surface area contributed by atoms with Gasteiger partial charge in [0.05, 0.1) is 23.3 Å². The van der Waals surface area contributed by atoms with Gasteiger partial charge >= 0.3 is 19.5 Å². The summed E-state index contributed by atoms with van der Waals surface area (Å²) in [5, 5.41) is 3.21. The van der Waals surface area contributed by atoms with Gasteiger partial charge in [-0.2, -0.15) is 0 Å². The molecule has 9 rings (SSSR count). The number of aldehydes is 1. The molecule has 0 spiro atoms. The van der Waals surface area contributed by atoms with Crippen molar-refractivity contribution in [2.75, 3.05) is 0 Å². The average Bonchev–Trinajstić information content (AvgIpc) is 3.84. The second kappa shape index (κ2) is 12.5. The Morgan fingerprint density at radius 1 is 0.418 bits per heavy atom. The molecule has 4 aromatic carbocycles. The second-order valence-electron chi connectivity index (χ2n) is 17.4. The van der Waals surface area contributed by atoms with Gasteiger partial charge in [0, 0.05) is 50.4 Å². The molecule has 3 aromatic heterocycles. The molecule has 0 radical (unpaired) electrons. The number of fused-ring (bicyclic) bond motifs is 20. The summed E-state index contributed by atoms with van der Waals surface area (Å²) in [4.78, 5) is 52.8. The molecule has 10 heteroatoms. The van der Waals surface area contributed by atoms with Crippen LogP contribution in [0.2, 0.25) is 0 Å². The zero-order valence-corrected chi connectivity index (χ0v) is 35.7. The zero-order valence-electron chi connectivity index (χ0n) is 32.7. The van der Waals surface area contributed by atoms with E-state index in [0.717, 1.165) is 61.4 Å². The van der Waals surface area contributed by atoms with Gasteiger partial charge in [0.1, 0.15) is 6.29 Å². The fourth-order valence-corrected chi connectivity index (χ4v) is 7.15. The maximum atomic E-state index is 12.0. The predicted octanol–water partition coefficient (Wildman–Crippen LogP) is 9.83. The molecule has 9 nitrogen and oxygen atoms in total. The molecule has 7 aromatic rings. The van der Waals surface area contributed by atoms with Gasteiger partial charge < -0.3 is 29.9 Å². The number of carbonyl (C=O) groups is 1. The molecule has 0 amide bonds. The molecule has 268 valence electrons. The Morgan fingerprint density at radius 3 is 1.22 bits per heavy atom. The minimum atomic E-state index is -0.108. The maximum Gasteiger partial charge on any atom is 2.00 e. The number of rotatable bonds is 1. The van der Waals surface area contributed by atoms with E-state index in [9.17, 15) is 4.79 Å². The molecule has 0 aliphatic carbocycles. The van der Waals surface area contributed by atoms with Gasteiger partial charge in [0.2, 0.25) is 0 Å². The third-order valence-electron chi connectivity index (χ3n) is 10.5. The maximum absolute atomic E-state index is 12.0. The molecule has 0 fully saturated rings. The van der Waals surface area contributed by atoms with Crippen LogP contribution in [0.3, 0.4) is 0 Å². The predicted molar refractivity (Wildman–Crippen MR) is 215 cm³/mol. The first-order chi connectivity index (χ1) is 25.5. The van der Waals surface area contributed by atoms with Gasteiger partial charge in [-0.1, -0.05) is 111 Å². The van der Waals surface area contributed by atoms with Crippen LogP contribution in [-0.2, 0) is 35.7 Å². The first-order valence-electron chi connectivity index (χ1n) is 18.3. The molecular formula is C45H40N8OZn. The number of nitrogens with zero attached hydrogens (tertiary/aromatic N) is 8. The van der Waals surface area contributed by atoms with Crippen molar-refractivity contribution in [1.82, 2.24) is 39.9 Å². The Kier molecular flexibility index (Phi) is 8.32. The van der Waals surface area contributed by atoms with Crippen LogP contribution in [0.15, 0.2) is 72.8 Å². The Labute approximate surface area is 332 Å². The fourth-order valence-electron chi connectivity index (χ4n) is 7.15. The van der Waals surface area contributed by atoms with Gasteiger partial charge in [-0.15, -0.1) is 0 Å². The van der Waals surface area contributed by atoms with E-state index in [2.05, 4.69) is 117 Å². The summed E-state index contributed by atoms with van der Waals surface area (Å²) in [7, 11) is 0. The van der Waals surface area contributed by atoms with E-state index >= 15 is 0 Å². The molecule has 0 N–H and O–H groups in total. The van der Waals surface area contributed by atoms with Crippen LogP contribution in [0.1, 0.15) is 89.4 Å². The molecule has 0 saturated carbocycles. The number of carbonyl (C=O) groups excluding carboxylic acids is 1. The van der Waals surface area contributed by atoms with Crippen LogP contribution >= 0.6 is 0 Å². The van der Waals surface area contributed by atoms with Gasteiger partial charge in [-0.3, -0.25) is 4.79 Å². The third-order valence-corrected chi connectivity index (χ3v) is 10.5. The van der Waals surface area contributed by atoms with Crippen LogP contribution in [0.4, 0.5) is 0 Å². The summed E-state index contributed by atoms with van der Waals surface area (Å²) in [6.45, 7) is 19.7. The fraction of sp³-hybridized carbons (Fsp3) is 0.267. The third kappa shape index (κ3) is 6.17. The quantitative estimate of drug-likeness (QED) is 0.119. The van der Waals surface area contributed by atoms with Crippen molar-refractivity contribution in [2.45, 2.75) is 78.6 Å². The van der Waals surface area contributed by atoms with Gasteiger partial charge in [-0.05, 0) is 78.7 Å². The number of hydrogen-bond acceptors (Lipinski definition) is 7. The van der Waals surface area contributed by atoms with Gasteiger partial charge in [-0.25, -0.2) is 9.97 Å². The number of benzene rings is 4. The summed E-state index contributed by atoms with van der Waals surface area (Å²) in [5.41, 5.74) is 9.01. The van der Waals surface area contributed by atoms with Crippen molar-refractivity contribution < 1.29 is 24.3 Å². The average molecular weight is 774 g/mol. The van der Waals surface area contributed by atoms with E-state index < -0.39 is 0 Å². The van der Waals surface area contributed by atoms with Crippen molar-refractivity contribution in [3.63, 3.8) is 0 Å². The summed E-state index contributed by atoms with van der Waals surface area (Å²) in [6.07, 6.45) is 0.827. The summed E-state index contributed by atoms with van der Waals surface area (Å²) >= 11 is 0. The topological polar surface area (TPSA) is 123 Å². The minimum Gasteiger partial charge on any atom is -0.357 e. The molecule has 5 heterocycles. The molecule has 0 unspecified atom stereocenters. The SMILES string of the molecule is CC(C)(C)c1ccc2c(c1)-c1nc-2nc2[n-]c(nc3nc(nc4[n-]c(n1)c1ccc(C=O)cc41)-c1ccc(C(C)(C)C)cc1-3)c1ccc(C(C)(C)C)cc21.[Zn+2]. The largest absolute Gasteiger partial charge is 2.00 e. The Bertz CT molecular complexity index is 2900. The molecule has 0 saturated heterocycles. The van der Waals surface area contributed by atoms with E-state index in [1.807, 2.05) is 6.07 Å². The van der Waals surface area contributed by atoms with E-state index in [1.54, 1.807) is 12.1 Å². The van der Waals surface area contributed by atoms with Crippen LogP contribution < -0.4 is 9.97 Å². The zero-order chi connectivity index (χ0) is 37.9. The van der Waals surface area contributed by atoms with E-state index in [4.69, 9.17) is 39.9 Å². The summed E-state index contributed by atoms with van der Waals surface area (Å²) in [6, 6.07) is 24.5. The number of hydrogen-bond donors (Lipinski definition) is 0. The summed E-state index contributed by atoms with van der Waals surface area (Å²) < 4.78 is 0. The standard InChI is InChI=1S/C45H41N8O.Zn/c1-43(2,3)24-11-15-28-32(19-24)41-49-36(28)47-39-31-18-23(22-54)10-14-27(31)35(46-39)48-40-33-20-25(44(4,5)6)12-16-29(33)37(50-40)52-42-34-21-26(45(7,8)9)13-17-30(34)38(51-41)53-42;/h10-22H,1-9H3,(H-,46,47,48,49,50,51,52,53,54);/q-1;+2/p-1. The molecule has 55 heavy (non-hydrogen) atoms. The van der Waals surface area contributed by atoms with Crippen molar-refractivity contribution in [1.29, 1.82) is 0 Å². The van der Waals surface area contributed by atoms with Crippen LogP contribution in [0.25, 0.3) is 89.7 Å². The molecule has 2 aliphatic rings. The van der Waals surface area contributed by atoms with Crippen molar-refractivity contribution in [2.24, 2.45) is 0 Å².